The van der Waals surface area contributed by atoms with Gasteiger partial charge in [-0.1, -0.05) is 5.21 Å². The fourth-order valence-corrected chi connectivity index (χ4v) is 0.238. The lowest BCUT2D eigenvalue weighted by atomic mass is 11.1. The summed E-state index contributed by atoms with van der Waals surface area (Å²) >= 11 is 0. The average Bonchev–Trinajstić information content (AvgIpc) is 2.12. The van der Waals surface area contributed by atoms with Crippen molar-refractivity contribution >= 4 is 18.4 Å². The van der Waals surface area contributed by atoms with E-state index in [0.717, 1.165) is 0 Å². The molecule has 0 spiro atoms. The molecule has 1 aromatic heterocycles. The summed E-state index contributed by atoms with van der Waals surface area (Å²) in [5.41, 5.74) is 0. The minimum Gasteiger partial charge on any atom is -0.337 e. The van der Waals surface area contributed by atoms with Crippen LogP contribution in [0.5, 0.6) is 0 Å². The van der Waals surface area contributed by atoms with E-state index in [1.54, 1.807) is 0 Å². The van der Waals surface area contributed by atoms with Gasteiger partial charge in [0.1, 0.15) is 0 Å². The van der Waals surface area contributed by atoms with Gasteiger partial charge in [-0.05, 0) is 4.91 Å². The predicted molar refractivity (Wildman–Crippen MR) is 26.5 cm³/mol. The molecule has 0 aliphatic heterocycles. The van der Waals surface area contributed by atoms with Crippen molar-refractivity contribution in [3.05, 3.63) is 4.91 Å². The Balaban J connectivity index is 0.000000640. The first-order chi connectivity index (χ1) is 3.80. The van der Waals surface area contributed by atoms with Crippen molar-refractivity contribution in [2.24, 2.45) is 0 Å². The predicted octanol–water partition coefficient (Wildman–Crippen LogP) is -0.579. The lowest BCUT2D eigenvalue weighted by Crippen LogP contribution is -1.93. The number of nitrogens with one attached hydrogen (secondary N) is 1. The van der Waals surface area contributed by atoms with Gasteiger partial charge in [-0.15, -0.1) is 12.4 Å². The highest BCUT2D eigenvalue weighted by atomic mass is 35.5. The van der Waals surface area contributed by atoms with Gasteiger partial charge >= 0.3 is 5.95 Å². The first-order valence-corrected chi connectivity index (χ1v) is 1.70. The first kappa shape index (κ1) is 7.76. The van der Waals surface area contributed by atoms with E-state index in [9.17, 15) is 4.91 Å². The average molecular weight is 153 g/mol. The lowest BCUT2D eigenvalue weighted by Gasteiger charge is -1.66. The topological polar surface area (TPSA) is 94.8 Å². The SMILES string of the molecule is Cl.O=[N+](O)c1nn[nH]n1. The van der Waals surface area contributed by atoms with E-state index in [1.165, 1.54) is 0 Å². The second-order valence-corrected chi connectivity index (χ2v) is 0.985. The van der Waals surface area contributed by atoms with Crippen LogP contribution in [-0.2, 0) is 0 Å². The van der Waals surface area contributed by atoms with Gasteiger partial charge in [0.25, 0.3) is 0 Å². The molecule has 0 fully saturated rings. The Labute approximate surface area is 55.0 Å². The van der Waals surface area contributed by atoms with Crippen LogP contribution in [0, 0.1) is 4.91 Å². The number of tetrazole rings is 1. The third-order valence-electron chi connectivity index (χ3n) is 0.505. The van der Waals surface area contributed by atoms with E-state index in [0.29, 0.717) is 0 Å². The summed E-state index contributed by atoms with van der Waals surface area (Å²) in [5, 5.41) is 19.3. The molecule has 9 heavy (non-hydrogen) atoms. The van der Waals surface area contributed by atoms with Crippen LogP contribution in [0.4, 0.5) is 5.95 Å². The molecule has 0 amide bonds. The van der Waals surface area contributed by atoms with Crippen molar-refractivity contribution in [1.29, 1.82) is 0 Å². The standard InChI is InChI=1S/CH2N5O2.ClH/c7-6(8)1-2-4-5-3-1;/h(H,7,8)(H,2,3,4,5);1H/q+1;. The molecule has 7 nitrogen and oxygen atoms in total. The van der Waals surface area contributed by atoms with E-state index >= 15 is 0 Å². The zero-order chi connectivity index (χ0) is 5.98. The number of H-pyrrole nitrogens is 1. The minimum atomic E-state index is -0.483. The largest absolute Gasteiger partial charge is 0.554 e. The highest BCUT2D eigenvalue weighted by molar-refractivity contribution is 5.85. The number of halogens is 1. The smallest absolute Gasteiger partial charge is 0.337 e. The van der Waals surface area contributed by atoms with Crippen molar-refractivity contribution in [1.82, 2.24) is 20.6 Å². The van der Waals surface area contributed by atoms with E-state index in [2.05, 4.69) is 15.4 Å². The van der Waals surface area contributed by atoms with Crippen LogP contribution in [0.15, 0.2) is 0 Å². The molecule has 0 aliphatic carbocycles. The summed E-state index contributed by atoms with van der Waals surface area (Å²) in [4.78, 5) is 9.31. The maximum absolute atomic E-state index is 9.79. The second kappa shape index (κ2) is 2.92. The highest BCUT2D eigenvalue weighted by Gasteiger charge is 2.14. The molecule has 0 atom stereocenters. The van der Waals surface area contributed by atoms with Crippen LogP contribution >= 0.6 is 12.4 Å². The highest BCUT2D eigenvalue weighted by Crippen LogP contribution is 1.90. The van der Waals surface area contributed by atoms with Crippen LogP contribution in [0.2, 0.25) is 0 Å². The number of nitrogens with zero attached hydrogens (tertiary/aromatic N) is 4. The quantitative estimate of drug-likeness (QED) is 0.525. The Kier molecular flexibility index (Phi) is 2.52. The number of hydrogen-bond donors (Lipinski definition) is 2. The van der Waals surface area contributed by atoms with Crippen molar-refractivity contribution in [3.8, 4) is 0 Å². The fourth-order valence-electron chi connectivity index (χ4n) is 0.238. The van der Waals surface area contributed by atoms with Gasteiger partial charge in [0, 0.05) is 5.21 Å². The summed E-state index contributed by atoms with van der Waals surface area (Å²) in [6.45, 7) is 0. The molecule has 0 aliphatic rings. The molecular formula is CH3ClN5O2+. The Morgan fingerprint density at radius 2 is 2.33 bits per heavy atom. The monoisotopic (exact) mass is 152 g/mol. The fraction of sp³-hybridized carbons (Fsp3) is 0. The molecule has 50 valence electrons. The van der Waals surface area contributed by atoms with Crippen molar-refractivity contribution in [2.45, 2.75) is 0 Å². The molecule has 0 bridgehead atoms. The lowest BCUT2D eigenvalue weighted by molar-refractivity contribution is -0.734. The summed E-state index contributed by atoms with van der Waals surface area (Å²) in [5.74, 6) is -0.398. The van der Waals surface area contributed by atoms with Gasteiger partial charge < -0.3 is 5.21 Å². The van der Waals surface area contributed by atoms with Gasteiger partial charge in [0.05, 0.1) is 10.2 Å². The normalized spacial score (nSPS) is 8.00. The van der Waals surface area contributed by atoms with E-state index in [1.807, 2.05) is 5.21 Å². The van der Waals surface area contributed by atoms with E-state index < -0.39 is 10.9 Å². The zero-order valence-corrected chi connectivity index (χ0v) is 4.87. The molecule has 2 N–H and O–H groups in total. The summed E-state index contributed by atoms with van der Waals surface area (Å²) < 4.78 is 0. The maximum Gasteiger partial charge on any atom is 0.554 e. The molecule has 0 radical (unpaired) electrons. The summed E-state index contributed by atoms with van der Waals surface area (Å²) in [6, 6.07) is 0. The molecule has 1 rings (SSSR count). The maximum atomic E-state index is 9.79. The van der Waals surface area contributed by atoms with Crippen LogP contribution in [0.1, 0.15) is 0 Å². The van der Waals surface area contributed by atoms with Gasteiger partial charge in [-0.3, -0.25) is 0 Å². The zero-order valence-electron chi connectivity index (χ0n) is 4.05. The van der Waals surface area contributed by atoms with E-state index in [4.69, 9.17) is 5.21 Å². The molecule has 0 saturated carbocycles. The number of rotatable bonds is 1. The molecule has 0 saturated heterocycles. The first-order valence-electron chi connectivity index (χ1n) is 1.70. The summed E-state index contributed by atoms with van der Waals surface area (Å²) in [6.07, 6.45) is 0. The Morgan fingerprint density at radius 3 is 2.56 bits per heavy atom. The molecule has 0 unspecified atom stereocenters. The number of aromatic nitrogens is 4. The minimum absolute atomic E-state index is 0. The van der Waals surface area contributed by atoms with Gasteiger partial charge in [0.2, 0.25) is 0 Å². The van der Waals surface area contributed by atoms with Crippen molar-refractivity contribution in [2.75, 3.05) is 0 Å². The second-order valence-electron chi connectivity index (χ2n) is 0.985. The van der Waals surface area contributed by atoms with Crippen molar-refractivity contribution < 1.29 is 10.1 Å². The molecule has 8 heteroatoms. The summed E-state index contributed by atoms with van der Waals surface area (Å²) in [7, 11) is 0. The number of aromatic amines is 1. The van der Waals surface area contributed by atoms with Crippen LogP contribution in [-0.4, -0.2) is 30.8 Å². The van der Waals surface area contributed by atoms with Crippen LogP contribution < -0.4 is 0 Å². The van der Waals surface area contributed by atoms with Crippen LogP contribution in [0.3, 0.4) is 0 Å². The van der Waals surface area contributed by atoms with E-state index in [-0.39, 0.29) is 12.4 Å². The van der Waals surface area contributed by atoms with Gasteiger partial charge in [-0.25, -0.2) is 0 Å². The molecule has 0 aromatic carbocycles. The van der Waals surface area contributed by atoms with Crippen molar-refractivity contribution in [3.63, 3.8) is 0 Å². The molecule has 1 heterocycles. The van der Waals surface area contributed by atoms with Crippen LogP contribution in [0.25, 0.3) is 0 Å². The molecular weight excluding hydrogens is 149 g/mol. The third-order valence-corrected chi connectivity index (χ3v) is 0.505. The number of hydrogen-bond acceptors (Lipinski definition) is 4. The Morgan fingerprint density at radius 1 is 1.67 bits per heavy atom. The third kappa shape index (κ3) is 1.61. The van der Waals surface area contributed by atoms with Gasteiger partial charge in [-0.2, -0.15) is 0 Å². The van der Waals surface area contributed by atoms with Gasteiger partial charge in [0.15, 0.2) is 4.92 Å². The Hall–Kier alpha value is -1.24. The molecule has 1 aromatic rings. The Bertz CT molecular complexity index is 183.